The van der Waals surface area contributed by atoms with Crippen molar-refractivity contribution in [1.29, 1.82) is 0 Å². The first kappa shape index (κ1) is 24.5. The van der Waals surface area contributed by atoms with Crippen molar-refractivity contribution in [2.24, 2.45) is 0 Å². The molecule has 4 rings (SSSR count). The number of hydrogen-bond acceptors (Lipinski definition) is 4. The maximum atomic E-state index is 14.0. The van der Waals surface area contributed by atoms with E-state index >= 15 is 0 Å². The van der Waals surface area contributed by atoms with E-state index in [-0.39, 0.29) is 35.0 Å². The number of carbonyl (C=O) groups is 1. The van der Waals surface area contributed by atoms with Crippen LogP contribution >= 0.6 is 0 Å². The summed E-state index contributed by atoms with van der Waals surface area (Å²) >= 11 is 0. The Morgan fingerprint density at radius 2 is 1.91 bits per heavy atom. The van der Waals surface area contributed by atoms with Crippen LogP contribution in [0.4, 0.5) is 17.6 Å². The predicted octanol–water partition coefficient (Wildman–Crippen LogP) is 5.21. The molecule has 0 spiro atoms. The molecule has 0 radical (unpaired) electrons. The van der Waals surface area contributed by atoms with E-state index in [1.807, 2.05) is 20.2 Å². The number of carbonyl (C=O) groups excluding carboxylic acids is 1. The van der Waals surface area contributed by atoms with Gasteiger partial charge in [-0.3, -0.25) is 4.79 Å². The summed E-state index contributed by atoms with van der Waals surface area (Å²) in [6, 6.07) is 8.95. The van der Waals surface area contributed by atoms with Gasteiger partial charge in [-0.2, -0.15) is 17.6 Å². The Morgan fingerprint density at radius 1 is 1.18 bits per heavy atom. The van der Waals surface area contributed by atoms with Crippen LogP contribution in [0.2, 0.25) is 0 Å². The lowest BCUT2D eigenvalue weighted by Crippen LogP contribution is -2.39. The number of halogens is 4. The molecule has 1 heterocycles. The third kappa shape index (κ3) is 5.05. The lowest BCUT2D eigenvalue weighted by atomic mass is 9.75. The lowest BCUT2D eigenvalue weighted by molar-refractivity contribution is -0.103. The maximum absolute atomic E-state index is 14.0. The van der Waals surface area contributed by atoms with E-state index in [1.165, 1.54) is 18.2 Å². The van der Waals surface area contributed by atoms with Gasteiger partial charge in [0.05, 0.1) is 12.6 Å². The second kappa shape index (κ2) is 9.54. The zero-order valence-corrected chi connectivity index (χ0v) is 19.3. The molecular weight excluding hydrogens is 452 g/mol. The van der Waals surface area contributed by atoms with Crippen molar-refractivity contribution >= 4 is 5.91 Å². The molecule has 0 bridgehead atoms. The highest BCUT2D eigenvalue weighted by molar-refractivity contribution is 5.94. The minimum Gasteiger partial charge on any atom is -0.434 e. The molecule has 0 saturated heterocycles. The van der Waals surface area contributed by atoms with Gasteiger partial charge in [-0.15, -0.1) is 0 Å². The Balaban J connectivity index is 1.51. The summed E-state index contributed by atoms with van der Waals surface area (Å²) in [6.07, 6.45) is 1.88. The highest BCUT2D eigenvalue weighted by atomic mass is 19.3. The van der Waals surface area contributed by atoms with E-state index in [1.54, 1.807) is 19.1 Å². The van der Waals surface area contributed by atoms with Gasteiger partial charge in [-0.05, 0) is 69.1 Å². The van der Waals surface area contributed by atoms with Crippen LogP contribution in [-0.4, -0.2) is 44.2 Å². The van der Waals surface area contributed by atoms with Gasteiger partial charge in [-0.1, -0.05) is 18.2 Å². The van der Waals surface area contributed by atoms with Crippen molar-refractivity contribution in [2.45, 2.75) is 56.9 Å². The Morgan fingerprint density at radius 3 is 2.59 bits per heavy atom. The Labute approximate surface area is 196 Å². The predicted molar refractivity (Wildman–Crippen MR) is 118 cm³/mol. The first-order valence-corrected chi connectivity index (χ1v) is 11.2. The largest absolute Gasteiger partial charge is 0.434 e. The Hall–Kier alpha value is -2.65. The molecule has 9 heteroatoms. The molecule has 1 atom stereocenters. The highest BCUT2D eigenvalue weighted by Gasteiger charge is 2.38. The average molecular weight is 481 g/mol. The number of nitrogens with zero attached hydrogens (tertiary/aromatic N) is 1. The fourth-order valence-electron chi connectivity index (χ4n) is 4.58. The maximum Gasteiger partial charge on any atom is 0.387 e. The van der Waals surface area contributed by atoms with Crippen LogP contribution in [0.3, 0.4) is 0 Å². The SMILES string of the molecule is C[C@H](NC(=O)c1ccc2c(c1)COCC2(F)F)c1ccc(C2CC(N(C)C)C2)cc1OC(F)F. The Kier molecular flexibility index (Phi) is 6.87. The molecule has 2 aromatic carbocycles. The summed E-state index contributed by atoms with van der Waals surface area (Å²) in [6.45, 7) is -2.05. The Bertz CT molecular complexity index is 1050. The van der Waals surface area contributed by atoms with Crippen molar-refractivity contribution in [3.8, 4) is 5.75 Å². The smallest absolute Gasteiger partial charge is 0.387 e. The van der Waals surface area contributed by atoms with Crippen LogP contribution in [0.1, 0.15) is 64.3 Å². The molecule has 2 aromatic rings. The highest BCUT2D eigenvalue weighted by Crippen LogP contribution is 2.41. The summed E-state index contributed by atoms with van der Waals surface area (Å²) < 4.78 is 63.9. The molecule has 1 N–H and O–H groups in total. The lowest BCUT2D eigenvalue weighted by Gasteiger charge is -2.40. The number of benzene rings is 2. The van der Waals surface area contributed by atoms with Crippen LogP contribution in [0.25, 0.3) is 0 Å². The van der Waals surface area contributed by atoms with Gasteiger partial charge in [0, 0.05) is 22.7 Å². The minimum atomic E-state index is -3.11. The molecule has 34 heavy (non-hydrogen) atoms. The average Bonchev–Trinajstić information content (AvgIpc) is 2.71. The van der Waals surface area contributed by atoms with Crippen LogP contribution in [0.5, 0.6) is 5.75 Å². The quantitative estimate of drug-likeness (QED) is 0.553. The summed E-state index contributed by atoms with van der Waals surface area (Å²) in [5.41, 5.74) is 1.61. The zero-order valence-electron chi connectivity index (χ0n) is 19.3. The molecular formula is C25H28F4N2O3. The summed E-state index contributed by atoms with van der Waals surface area (Å²) in [7, 11) is 4.03. The van der Waals surface area contributed by atoms with Crippen molar-refractivity contribution in [1.82, 2.24) is 10.2 Å². The van der Waals surface area contributed by atoms with Gasteiger partial charge >= 0.3 is 6.61 Å². The third-order valence-corrected chi connectivity index (χ3v) is 6.69. The van der Waals surface area contributed by atoms with E-state index in [0.717, 1.165) is 18.4 Å². The minimum absolute atomic E-state index is 0.00865. The number of ether oxygens (including phenoxy) is 2. The van der Waals surface area contributed by atoms with Gasteiger partial charge < -0.3 is 19.7 Å². The first-order chi connectivity index (χ1) is 16.0. The molecule has 1 aliphatic heterocycles. The zero-order chi connectivity index (χ0) is 24.6. The van der Waals surface area contributed by atoms with Gasteiger partial charge in [0.15, 0.2) is 0 Å². The van der Waals surface area contributed by atoms with Crippen LogP contribution < -0.4 is 10.1 Å². The van der Waals surface area contributed by atoms with Crippen molar-refractivity contribution in [2.75, 3.05) is 20.7 Å². The second-order valence-corrected chi connectivity index (χ2v) is 9.23. The van der Waals surface area contributed by atoms with Crippen LogP contribution in [-0.2, 0) is 17.3 Å². The number of alkyl halides is 4. The van der Waals surface area contributed by atoms with Crippen LogP contribution in [0.15, 0.2) is 36.4 Å². The third-order valence-electron chi connectivity index (χ3n) is 6.69. The molecule has 0 aromatic heterocycles. The molecule has 0 unspecified atom stereocenters. The normalized spacial score (nSPS) is 22.1. The molecule has 1 saturated carbocycles. The summed E-state index contributed by atoms with van der Waals surface area (Å²) in [5, 5.41) is 2.75. The second-order valence-electron chi connectivity index (χ2n) is 9.23. The molecule has 2 aliphatic rings. The summed E-state index contributed by atoms with van der Waals surface area (Å²) in [4.78, 5) is 15.0. The monoisotopic (exact) mass is 480 g/mol. The van der Waals surface area contributed by atoms with E-state index < -0.39 is 31.1 Å². The van der Waals surface area contributed by atoms with Crippen molar-refractivity contribution in [3.63, 3.8) is 0 Å². The fourth-order valence-corrected chi connectivity index (χ4v) is 4.58. The van der Waals surface area contributed by atoms with Crippen molar-refractivity contribution in [3.05, 3.63) is 64.2 Å². The van der Waals surface area contributed by atoms with E-state index in [9.17, 15) is 22.4 Å². The van der Waals surface area contributed by atoms with Crippen LogP contribution in [0, 0.1) is 0 Å². The summed E-state index contributed by atoms with van der Waals surface area (Å²) in [5.74, 6) is -3.33. The van der Waals surface area contributed by atoms with Gasteiger partial charge in [0.25, 0.3) is 11.8 Å². The topological polar surface area (TPSA) is 50.8 Å². The van der Waals surface area contributed by atoms with Gasteiger partial charge in [-0.25, -0.2) is 0 Å². The number of fused-ring (bicyclic) bond motifs is 1. The number of amides is 1. The molecule has 1 aliphatic carbocycles. The molecule has 5 nitrogen and oxygen atoms in total. The van der Waals surface area contributed by atoms with E-state index in [0.29, 0.717) is 11.6 Å². The number of nitrogens with one attached hydrogen (secondary N) is 1. The van der Waals surface area contributed by atoms with E-state index in [4.69, 9.17) is 9.47 Å². The molecule has 1 amide bonds. The fraction of sp³-hybridized carbons (Fsp3) is 0.480. The van der Waals surface area contributed by atoms with E-state index in [2.05, 4.69) is 10.2 Å². The molecule has 1 fully saturated rings. The van der Waals surface area contributed by atoms with Crippen molar-refractivity contribution < 1.29 is 31.8 Å². The van der Waals surface area contributed by atoms with Gasteiger partial charge in [0.1, 0.15) is 12.4 Å². The molecule has 184 valence electrons. The number of rotatable bonds is 7. The number of hydrogen-bond donors (Lipinski definition) is 1. The first-order valence-electron chi connectivity index (χ1n) is 11.2. The van der Waals surface area contributed by atoms with Gasteiger partial charge in [0.2, 0.25) is 0 Å². The standard InChI is InChI=1S/C25H28F4N2O3/c1-14(30-23(32)16-5-7-21-18(8-16)12-33-13-25(21,28)29)20-6-4-15(11-22(20)34-24(26)27)17-9-19(10-17)31(2)3/h4-8,11,14,17,19,24H,9-10,12-13H2,1-3H3,(H,30,32)/t14-,17?,19?/m0/s1.